The van der Waals surface area contributed by atoms with Crippen LogP contribution in [0.1, 0.15) is 16.1 Å². The van der Waals surface area contributed by atoms with Gasteiger partial charge in [-0.25, -0.2) is 14.6 Å². The second-order valence-electron chi connectivity index (χ2n) is 6.29. The third-order valence-electron chi connectivity index (χ3n) is 4.26. The fraction of sp³-hybridized carbons (Fsp3) is 0.211. The van der Waals surface area contributed by atoms with E-state index in [1.807, 2.05) is 0 Å². The summed E-state index contributed by atoms with van der Waals surface area (Å²) in [5, 5.41) is 2.54. The number of hydrogen-bond acceptors (Lipinski definition) is 6. The van der Waals surface area contributed by atoms with Crippen LogP contribution in [0.4, 0.5) is 5.69 Å². The van der Waals surface area contributed by atoms with Gasteiger partial charge in [-0.2, -0.15) is 0 Å². The van der Waals surface area contributed by atoms with Gasteiger partial charge in [0.2, 0.25) is 5.91 Å². The summed E-state index contributed by atoms with van der Waals surface area (Å²) in [6, 6.07) is 8.24. The van der Waals surface area contributed by atoms with Crippen molar-refractivity contribution in [2.45, 2.75) is 13.5 Å². The fourth-order valence-corrected chi connectivity index (χ4v) is 3.16. The van der Waals surface area contributed by atoms with E-state index in [0.29, 0.717) is 11.4 Å². The number of aryl methyl sites for hydroxylation is 2. The molecule has 10 heteroatoms. The number of fused-ring (bicyclic) bond motifs is 1. The maximum atomic E-state index is 13.0. The number of hydrogen-bond donors (Lipinski definition) is 1. The summed E-state index contributed by atoms with van der Waals surface area (Å²) >= 11 is 3.30. The molecule has 1 aromatic carbocycles. The number of halogens is 1. The lowest BCUT2D eigenvalue weighted by Gasteiger charge is -2.13. The number of anilines is 1. The Hall–Kier alpha value is -3.27. The van der Waals surface area contributed by atoms with Crippen LogP contribution in [0.3, 0.4) is 0 Å². The number of amides is 1. The average molecular weight is 461 g/mol. The van der Waals surface area contributed by atoms with Crippen LogP contribution in [0, 0.1) is 6.92 Å². The molecule has 0 unspecified atom stereocenters. The maximum absolute atomic E-state index is 13.0. The Balaban J connectivity index is 2.11. The van der Waals surface area contributed by atoms with Crippen LogP contribution in [-0.2, 0) is 23.1 Å². The molecule has 0 aliphatic rings. The highest BCUT2D eigenvalue weighted by atomic mass is 79.9. The minimum atomic E-state index is -0.790. The van der Waals surface area contributed by atoms with Crippen molar-refractivity contribution in [2.24, 2.45) is 7.05 Å². The summed E-state index contributed by atoms with van der Waals surface area (Å²) in [7, 11) is 2.61. The molecule has 2 heterocycles. The Bertz CT molecular complexity index is 1240. The van der Waals surface area contributed by atoms with Gasteiger partial charge in [-0.1, -0.05) is 15.9 Å². The van der Waals surface area contributed by atoms with Gasteiger partial charge in [0.1, 0.15) is 12.2 Å². The van der Waals surface area contributed by atoms with Crippen molar-refractivity contribution in [3.8, 4) is 0 Å². The number of nitrogens with zero attached hydrogens (tertiary/aromatic N) is 3. The minimum absolute atomic E-state index is 0.0160. The van der Waals surface area contributed by atoms with Gasteiger partial charge >= 0.3 is 11.7 Å². The number of benzene rings is 1. The van der Waals surface area contributed by atoms with Gasteiger partial charge in [0.05, 0.1) is 18.1 Å². The first kappa shape index (κ1) is 20.5. The number of carbonyl (C=O) groups excluding carboxylic acids is 2. The lowest BCUT2D eigenvalue weighted by Crippen LogP contribution is -2.42. The first-order chi connectivity index (χ1) is 13.7. The molecule has 1 amide bonds. The maximum Gasteiger partial charge on any atom is 0.338 e. The molecule has 9 nitrogen and oxygen atoms in total. The van der Waals surface area contributed by atoms with Crippen LogP contribution < -0.4 is 16.6 Å². The molecule has 3 rings (SSSR count). The number of pyridine rings is 1. The average Bonchev–Trinajstić information content (AvgIpc) is 2.70. The highest BCUT2D eigenvalue weighted by molar-refractivity contribution is 9.10. The van der Waals surface area contributed by atoms with E-state index >= 15 is 0 Å². The van der Waals surface area contributed by atoms with Crippen LogP contribution >= 0.6 is 15.9 Å². The van der Waals surface area contributed by atoms with Crippen molar-refractivity contribution < 1.29 is 14.3 Å². The number of nitrogens with one attached hydrogen (secondary N) is 1. The monoisotopic (exact) mass is 460 g/mol. The highest BCUT2D eigenvalue weighted by Crippen LogP contribution is 2.15. The van der Waals surface area contributed by atoms with E-state index in [0.717, 1.165) is 13.6 Å². The number of aromatic nitrogens is 3. The van der Waals surface area contributed by atoms with Gasteiger partial charge in [-0.15, -0.1) is 0 Å². The van der Waals surface area contributed by atoms with Crippen LogP contribution in [0.2, 0.25) is 0 Å². The second-order valence-corrected chi connectivity index (χ2v) is 7.21. The molecule has 0 aliphatic carbocycles. The van der Waals surface area contributed by atoms with Crippen molar-refractivity contribution in [2.75, 3.05) is 12.4 Å². The zero-order chi connectivity index (χ0) is 21.3. The third-order valence-corrected chi connectivity index (χ3v) is 4.79. The summed E-state index contributed by atoms with van der Waals surface area (Å²) in [6.45, 7) is 1.11. The minimum Gasteiger partial charge on any atom is -0.465 e. The lowest BCUT2D eigenvalue weighted by molar-refractivity contribution is -0.116. The van der Waals surface area contributed by atoms with E-state index in [9.17, 15) is 19.2 Å². The molecule has 29 heavy (non-hydrogen) atoms. The molecule has 3 aromatic rings. The fourth-order valence-electron chi connectivity index (χ4n) is 2.89. The van der Waals surface area contributed by atoms with Gasteiger partial charge in [0.15, 0.2) is 0 Å². The number of carbonyl (C=O) groups is 2. The summed E-state index contributed by atoms with van der Waals surface area (Å²) in [5.41, 5.74) is -0.526. The molecule has 2 aromatic heterocycles. The highest BCUT2D eigenvalue weighted by Gasteiger charge is 2.21. The topological polar surface area (TPSA) is 112 Å². The molecule has 0 atom stereocenters. The van der Waals surface area contributed by atoms with E-state index < -0.39 is 29.7 Å². The molecule has 0 saturated heterocycles. The third kappa shape index (κ3) is 3.97. The van der Waals surface area contributed by atoms with Gasteiger partial charge < -0.3 is 10.1 Å². The zero-order valence-corrected chi connectivity index (χ0v) is 17.4. The molecule has 150 valence electrons. The quantitative estimate of drug-likeness (QED) is 0.591. The number of esters is 1. The Labute approximate surface area is 173 Å². The Morgan fingerprint density at radius 2 is 1.86 bits per heavy atom. The summed E-state index contributed by atoms with van der Waals surface area (Å²) < 4.78 is 7.48. The van der Waals surface area contributed by atoms with Crippen LogP contribution in [0.25, 0.3) is 11.0 Å². The van der Waals surface area contributed by atoms with Crippen molar-refractivity contribution in [3.63, 3.8) is 0 Å². The smallest absolute Gasteiger partial charge is 0.338 e. The lowest BCUT2D eigenvalue weighted by atomic mass is 10.1. The molecular weight excluding hydrogens is 444 g/mol. The molecule has 1 N–H and O–H groups in total. The number of rotatable bonds is 4. The van der Waals surface area contributed by atoms with Gasteiger partial charge in [0, 0.05) is 22.9 Å². The molecule has 0 bridgehead atoms. The van der Waals surface area contributed by atoms with Crippen molar-refractivity contribution in [3.05, 3.63) is 66.9 Å². The predicted octanol–water partition coefficient (Wildman–Crippen LogP) is 1.59. The van der Waals surface area contributed by atoms with Gasteiger partial charge in [-0.05, 0) is 37.3 Å². The van der Waals surface area contributed by atoms with E-state index in [2.05, 4.69) is 26.2 Å². The van der Waals surface area contributed by atoms with Crippen molar-refractivity contribution >= 4 is 44.5 Å². The molecular formula is C19H17BrN4O5. The predicted molar refractivity (Wildman–Crippen MR) is 110 cm³/mol. The molecule has 0 aliphatic heterocycles. The first-order valence-electron chi connectivity index (χ1n) is 8.48. The summed E-state index contributed by atoms with van der Waals surface area (Å²) in [6.07, 6.45) is 0. The summed E-state index contributed by atoms with van der Waals surface area (Å²) in [5.74, 6) is -1.30. The van der Waals surface area contributed by atoms with E-state index in [1.54, 1.807) is 31.2 Å². The van der Waals surface area contributed by atoms with E-state index in [4.69, 9.17) is 4.74 Å². The zero-order valence-electron chi connectivity index (χ0n) is 15.9. The molecule has 0 fully saturated rings. The molecule has 0 radical (unpaired) electrons. The molecule has 0 spiro atoms. The molecule has 0 saturated carbocycles. The Morgan fingerprint density at radius 3 is 2.48 bits per heavy atom. The number of ether oxygens (including phenoxy) is 1. The van der Waals surface area contributed by atoms with Crippen molar-refractivity contribution in [1.29, 1.82) is 0 Å². The van der Waals surface area contributed by atoms with Crippen LogP contribution in [0.5, 0.6) is 0 Å². The van der Waals surface area contributed by atoms with Gasteiger partial charge in [-0.3, -0.25) is 18.7 Å². The second kappa shape index (κ2) is 8.00. The van der Waals surface area contributed by atoms with Crippen molar-refractivity contribution in [1.82, 2.24) is 14.1 Å². The van der Waals surface area contributed by atoms with Crippen LogP contribution in [-0.4, -0.2) is 33.1 Å². The SMILES string of the molecule is COC(=O)c1cc(C)nc2c1c(=O)n(CC(=O)Nc1ccc(Br)cc1)c(=O)n2C. The number of methoxy groups -OCH3 is 1. The summed E-state index contributed by atoms with van der Waals surface area (Å²) in [4.78, 5) is 54.5. The van der Waals surface area contributed by atoms with E-state index in [-0.39, 0.29) is 16.6 Å². The Morgan fingerprint density at radius 1 is 1.21 bits per heavy atom. The van der Waals surface area contributed by atoms with Gasteiger partial charge in [0.25, 0.3) is 5.56 Å². The largest absolute Gasteiger partial charge is 0.465 e. The normalized spacial score (nSPS) is 10.8. The standard InChI is InChI=1S/C19H17BrN4O5/c1-10-8-13(18(27)29-3)15-16(21-10)23(2)19(28)24(17(15)26)9-14(25)22-12-6-4-11(20)5-7-12/h4-8H,9H2,1-3H3,(H,22,25). The van der Waals surface area contributed by atoms with E-state index in [1.165, 1.54) is 20.2 Å². The first-order valence-corrected chi connectivity index (χ1v) is 9.27. The van der Waals surface area contributed by atoms with Crippen LogP contribution in [0.15, 0.2) is 44.4 Å². The Kier molecular flexibility index (Phi) is 5.64.